The van der Waals surface area contributed by atoms with Gasteiger partial charge in [-0.25, -0.2) is 4.39 Å². The molecule has 0 aliphatic carbocycles. The van der Waals surface area contributed by atoms with E-state index in [1.807, 2.05) is 19.1 Å². The maximum atomic E-state index is 13.6. The fourth-order valence-electron chi connectivity index (χ4n) is 2.41. The molecule has 0 bridgehead atoms. The number of methoxy groups -OCH3 is 1. The van der Waals surface area contributed by atoms with E-state index in [4.69, 9.17) is 9.47 Å². The van der Waals surface area contributed by atoms with E-state index < -0.39 is 11.9 Å². The smallest absolute Gasteiger partial charge is 0.310 e. The molecular weight excluding hydrogens is 337 g/mol. The summed E-state index contributed by atoms with van der Waals surface area (Å²) in [6, 6.07) is 11.7. The number of aryl methyl sites for hydroxylation is 1. The molecule has 6 heteroatoms. The number of halogens is 1. The van der Waals surface area contributed by atoms with Gasteiger partial charge in [0.25, 0.3) is 5.91 Å². The summed E-state index contributed by atoms with van der Waals surface area (Å²) in [7, 11) is 3.10. The molecule has 2 aromatic carbocycles. The van der Waals surface area contributed by atoms with Gasteiger partial charge in [0.15, 0.2) is 6.61 Å². The summed E-state index contributed by atoms with van der Waals surface area (Å²) in [6.45, 7) is 1.63. The molecule has 0 radical (unpaired) electrons. The zero-order chi connectivity index (χ0) is 19.1. The SMILES string of the molecule is COc1cc(CC(=O)OCC(=O)N(C)Cc2ccccc2F)ccc1C. The first-order chi connectivity index (χ1) is 12.4. The highest BCUT2D eigenvalue weighted by Gasteiger charge is 2.14. The monoisotopic (exact) mass is 359 g/mol. The highest BCUT2D eigenvalue weighted by Crippen LogP contribution is 2.19. The highest BCUT2D eigenvalue weighted by molar-refractivity contribution is 5.81. The molecule has 138 valence electrons. The third kappa shape index (κ3) is 5.31. The van der Waals surface area contributed by atoms with Crippen molar-refractivity contribution in [1.82, 2.24) is 4.90 Å². The van der Waals surface area contributed by atoms with Crippen molar-refractivity contribution in [2.24, 2.45) is 0 Å². The second-order valence-corrected chi connectivity index (χ2v) is 5.98. The van der Waals surface area contributed by atoms with Crippen LogP contribution in [0.2, 0.25) is 0 Å². The number of hydrogen-bond donors (Lipinski definition) is 0. The van der Waals surface area contributed by atoms with Crippen LogP contribution in [0, 0.1) is 12.7 Å². The predicted octanol–water partition coefficient (Wildman–Crippen LogP) is 2.89. The van der Waals surface area contributed by atoms with Gasteiger partial charge in [-0.15, -0.1) is 0 Å². The van der Waals surface area contributed by atoms with Crippen LogP contribution in [0.25, 0.3) is 0 Å². The summed E-state index contributed by atoms with van der Waals surface area (Å²) in [4.78, 5) is 25.3. The van der Waals surface area contributed by atoms with Crippen LogP contribution >= 0.6 is 0 Å². The number of nitrogens with zero attached hydrogens (tertiary/aromatic N) is 1. The Bertz CT molecular complexity index is 791. The maximum Gasteiger partial charge on any atom is 0.310 e. The van der Waals surface area contributed by atoms with Crippen molar-refractivity contribution < 1.29 is 23.5 Å². The van der Waals surface area contributed by atoms with Crippen LogP contribution in [-0.4, -0.2) is 37.5 Å². The lowest BCUT2D eigenvalue weighted by atomic mass is 10.1. The van der Waals surface area contributed by atoms with Crippen LogP contribution in [0.15, 0.2) is 42.5 Å². The molecule has 2 rings (SSSR count). The predicted molar refractivity (Wildman–Crippen MR) is 95.3 cm³/mol. The van der Waals surface area contributed by atoms with E-state index in [1.54, 1.807) is 31.4 Å². The first kappa shape index (κ1) is 19.4. The van der Waals surface area contributed by atoms with Crippen molar-refractivity contribution in [3.63, 3.8) is 0 Å². The average Bonchev–Trinajstić information content (AvgIpc) is 2.63. The summed E-state index contributed by atoms with van der Waals surface area (Å²) in [5, 5.41) is 0. The molecule has 0 fully saturated rings. The lowest BCUT2D eigenvalue weighted by molar-refractivity contribution is -0.151. The first-order valence-electron chi connectivity index (χ1n) is 8.17. The van der Waals surface area contributed by atoms with Gasteiger partial charge in [0.05, 0.1) is 13.5 Å². The standard InChI is InChI=1S/C20H22FNO4/c1-14-8-9-15(10-18(14)25-3)11-20(24)26-13-19(23)22(2)12-16-6-4-5-7-17(16)21/h4-10H,11-13H2,1-3H3. The second kappa shape index (κ2) is 8.99. The number of carbonyl (C=O) groups excluding carboxylic acids is 2. The molecular formula is C20H22FNO4. The number of carbonyl (C=O) groups is 2. The molecule has 0 saturated heterocycles. The molecule has 0 aromatic heterocycles. The molecule has 26 heavy (non-hydrogen) atoms. The van der Waals surface area contributed by atoms with Crippen molar-refractivity contribution in [2.45, 2.75) is 19.9 Å². The Morgan fingerprint density at radius 2 is 1.88 bits per heavy atom. The Morgan fingerprint density at radius 1 is 1.15 bits per heavy atom. The van der Waals surface area contributed by atoms with Gasteiger partial charge in [-0.2, -0.15) is 0 Å². The molecule has 0 atom stereocenters. The minimum atomic E-state index is -0.511. The van der Waals surface area contributed by atoms with Crippen molar-refractivity contribution >= 4 is 11.9 Å². The number of esters is 1. The Balaban J connectivity index is 1.84. The van der Waals surface area contributed by atoms with E-state index in [2.05, 4.69) is 0 Å². The highest BCUT2D eigenvalue weighted by atomic mass is 19.1. The summed E-state index contributed by atoms with van der Waals surface area (Å²) < 4.78 is 23.9. The van der Waals surface area contributed by atoms with Crippen molar-refractivity contribution in [2.75, 3.05) is 20.8 Å². The molecule has 0 saturated carbocycles. The second-order valence-electron chi connectivity index (χ2n) is 5.98. The van der Waals surface area contributed by atoms with Crippen LogP contribution in [0.5, 0.6) is 5.75 Å². The van der Waals surface area contributed by atoms with E-state index >= 15 is 0 Å². The minimum Gasteiger partial charge on any atom is -0.496 e. The fraction of sp³-hybridized carbons (Fsp3) is 0.300. The van der Waals surface area contributed by atoms with Gasteiger partial charge < -0.3 is 14.4 Å². The molecule has 0 unspecified atom stereocenters. The average molecular weight is 359 g/mol. The Hall–Kier alpha value is -2.89. The van der Waals surface area contributed by atoms with Gasteiger partial charge in [0.1, 0.15) is 11.6 Å². The lowest BCUT2D eigenvalue weighted by Gasteiger charge is -2.17. The summed E-state index contributed by atoms with van der Waals surface area (Å²) in [6.07, 6.45) is 0.0426. The Kier molecular flexibility index (Phi) is 6.72. The fourth-order valence-corrected chi connectivity index (χ4v) is 2.41. The van der Waals surface area contributed by atoms with E-state index in [1.165, 1.54) is 18.0 Å². The van der Waals surface area contributed by atoms with E-state index in [0.717, 1.165) is 11.1 Å². The molecule has 0 N–H and O–H groups in total. The number of ether oxygens (including phenoxy) is 2. The normalized spacial score (nSPS) is 10.3. The number of rotatable bonds is 7. The topological polar surface area (TPSA) is 55.8 Å². The quantitative estimate of drug-likeness (QED) is 0.714. The maximum absolute atomic E-state index is 13.6. The zero-order valence-electron chi connectivity index (χ0n) is 15.1. The Labute approximate surface area is 152 Å². The van der Waals surface area contributed by atoms with Gasteiger partial charge in [-0.1, -0.05) is 30.3 Å². The molecule has 0 heterocycles. The van der Waals surface area contributed by atoms with Crippen LogP contribution in [0.1, 0.15) is 16.7 Å². The summed E-state index contributed by atoms with van der Waals surface area (Å²) in [5.41, 5.74) is 2.11. The summed E-state index contributed by atoms with van der Waals surface area (Å²) in [5.74, 6) is -0.597. The molecule has 2 aromatic rings. The summed E-state index contributed by atoms with van der Waals surface area (Å²) >= 11 is 0. The van der Waals surface area contributed by atoms with Crippen LogP contribution in [0.3, 0.4) is 0 Å². The lowest BCUT2D eigenvalue weighted by Crippen LogP contribution is -2.31. The number of benzene rings is 2. The third-order valence-corrected chi connectivity index (χ3v) is 3.97. The van der Waals surface area contributed by atoms with E-state index in [9.17, 15) is 14.0 Å². The Morgan fingerprint density at radius 3 is 2.58 bits per heavy atom. The van der Waals surface area contributed by atoms with Gasteiger partial charge in [0.2, 0.25) is 0 Å². The van der Waals surface area contributed by atoms with E-state index in [-0.39, 0.29) is 25.4 Å². The minimum absolute atomic E-state index is 0.0426. The molecule has 5 nitrogen and oxygen atoms in total. The van der Waals surface area contributed by atoms with E-state index in [0.29, 0.717) is 11.3 Å². The number of amides is 1. The molecule has 0 aliphatic heterocycles. The first-order valence-corrected chi connectivity index (χ1v) is 8.17. The van der Waals surface area contributed by atoms with Crippen molar-refractivity contribution in [3.05, 3.63) is 65.0 Å². The number of hydrogen-bond acceptors (Lipinski definition) is 4. The van der Waals surface area contributed by atoms with Gasteiger partial charge in [-0.05, 0) is 30.2 Å². The van der Waals surface area contributed by atoms with Crippen LogP contribution < -0.4 is 4.74 Å². The van der Waals surface area contributed by atoms with Gasteiger partial charge in [-0.3, -0.25) is 9.59 Å². The molecule has 0 spiro atoms. The molecule has 1 amide bonds. The largest absolute Gasteiger partial charge is 0.496 e. The van der Waals surface area contributed by atoms with Crippen LogP contribution in [0.4, 0.5) is 4.39 Å². The molecule has 0 aliphatic rings. The van der Waals surface area contributed by atoms with Crippen LogP contribution in [-0.2, 0) is 27.3 Å². The van der Waals surface area contributed by atoms with Gasteiger partial charge in [0, 0.05) is 19.2 Å². The van der Waals surface area contributed by atoms with Crippen molar-refractivity contribution in [3.8, 4) is 5.75 Å². The van der Waals surface area contributed by atoms with Gasteiger partial charge >= 0.3 is 5.97 Å². The van der Waals surface area contributed by atoms with Crippen molar-refractivity contribution in [1.29, 1.82) is 0 Å². The zero-order valence-corrected chi connectivity index (χ0v) is 15.1. The third-order valence-electron chi connectivity index (χ3n) is 3.97. The number of likely N-dealkylation sites (N-methyl/N-ethyl adjacent to an activating group) is 1.